The van der Waals surface area contributed by atoms with Crippen LogP contribution >= 0.6 is 0 Å². The number of carbonyl (C=O) groups excluding carboxylic acids is 1. The van der Waals surface area contributed by atoms with Crippen LogP contribution in [0.2, 0.25) is 0 Å². The molecule has 0 bridgehead atoms. The summed E-state index contributed by atoms with van der Waals surface area (Å²) in [5, 5.41) is 2.77. The minimum atomic E-state index is -0.238. The molecule has 0 aromatic carbocycles. The van der Waals surface area contributed by atoms with Crippen molar-refractivity contribution >= 4 is 11.6 Å². The number of rotatable bonds is 3. The van der Waals surface area contributed by atoms with E-state index in [2.05, 4.69) is 10.3 Å². The number of aromatic nitrogens is 2. The number of pyridine rings is 1. The van der Waals surface area contributed by atoms with Gasteiger partial charge in [0, 0.05) is 12.4 Å². The van der Waals surface area contributed by atoms with Gasteiger partial charge >= 0.3 is 0 Å². The number of carbonyl (C=O) groups is 1. The molecule has 1 amide bonds. The van der Waals surface area contributed by atoms with Crippen LogP contribution in [0.15, 0.2) is 47.3 Å². The Kier molecular flexibility index (Phi) is 2.79. The molecule has 5 heteroatoms. The van der Waals surface area contributed by atoms with E-state index in [4.69, 9.17) is 4.42 Å². The van der Waals surface area contributed by atoms with Gasteiger partial charge in [0.15, 0.2) is 5.76 Å². The fraction of sp³-hybridized carbons (Fsp3) is 0.143. The van der Waals surface area contributed by atoms with Crippen molar-refractivity contribution in [2.24, 2.45) is 0 Å². The lowest BCUT2D eigenvalue weighted by Crippen LogP contribution is -2.22. The second-order valence-electron chi connectivity index (χ2n) is 4.36. The SMILES string of the molecule is Cc1ccn2cc(CNC(=O)c3ccco3)nc2c1. The van der Waals surface area contributed by atoms with Gasteiger partial charge in [-0.1, -0.05) is 0 Å². The highest BCUT2D eigenvalue weighted by atomic mass is 16.3. The van der Waals surface area contributed by atoms with E-state index in [9.17, 15) is 4.79 Å². The van der Waals surface area contributed by atoms with Crippen molar-refractivity contribution in [1.82, 2.24) is 14.7 Å². The molecule has 0 spiro atoms. The van der Waals surface area contributed by atoms with E-state index in [-0.39, 0.29) is 5.91 Å². The van der Waals surface area contributed by atoms with Gasteiger partial charge in [-0.05, 0) is 36.8 Å². The molecule has 0 saturated carbocycles. The molecule has 0 atom stereocenters. The molecule has 5 nitrogen and oxygen atoms in total. The van der Waals surface area contributed by atoms with Crippen LogP contribution < -0.4 is 5.32 Å². The maximum Gasteiger partial charge on any atom is 0.287 e. The number of hydrogen-bond donors (Lipinski definition) is 1. The smallest absolute Gasteiger partial charge is 0.287 e. The summed E-state index contributed by atoms with van der Waals surface area (Å²) < 4.78 is 6.95. The standard InChI is InChI=1S/C14H13N3O2/c1-10-4-5-17-9-11(16-13(17)7-10)8-15-14(18)12-3-2-6-19-12/h2-7,9H,8H2,1H3,(H,15,18). The number of imidazole rings is 1. The summed E-state index contributed by atoms with van der Waals surface area (Å²) >= 11 is 0. The number of aryl methyl sites for hydroxylation is 1. The van der Waals surface area contributed by atoms with Crippen molar-refractivity contribution < 1.29 is 9.21 Å². The summed E-state index contributed by atoms with van der Waals surface area (Å²) in [6.45, 7) is 2.40. The van der Waals surface area contributed by atoms with Crippen molar-refractivity contribution in [2.45, 2.75) is 13.5 Å². The van der Waals surface area contributed by atoms with E-state index in [0.29, 0.717) is 12.3 Å². The summed E-state index contributed by atoms with van der Waals surface area (Å²) in [6.07, 6.45) is 5.33. The second-order valence-corrected chi connectivity index (χ2v) is 4.36. The second kappa shape index (κ2) is 4.61. The molecular weight excluding hydrogens is 242 g/mol. The maximum absolute atomic E-state index is 11.7. The van der Waals surface area contributed by atoms with Crippen LogP contribution in [0, 0.1) is 6.92 Å². The molecule has 19 heavy (non-hydrogen) atoms. The zero-order valence-electron chi connectivity index (χ0n) is 10.5. The van der Waals surface area contributed by atoms with E-state index in [0.717, 1.165) is 16.9 Å². The molecule has 3 rings (SSSR count). The van der Waals surface area contributed by atoms with E-state index in [1.165, 1.54) is 6.26 Å². The average Bonchev–Trinajstić information content (AvgIpc) is 3.04. The molecule has 0 radical (unpaired) electrons. The summed E-state index contributed by atoms with van der Waals surface area (Å²) in [5.74, 6) is 0.0674. The van der Waals surface area contributed by atoms with Gasteiger partial charge in [0.2, 0.25) is 0 Å². The molecule has 1 N–H and O–H groups in total. The number of furan rings is 1. The normalized spacial score (nSPS) is 10.8. The predicted molar refractivity (Wildman–Crippen MR) is 69.8 cm³/mol. The molecule has 0 unspecified atom stereocenters. The Hall–Kier alpha value is -2.56. The Morgan fingerprint density at radius 2 is 2.37 bits per heavy atom. The summed E-state index contributed by atoms with van der Waals surface area (Å²) in [6, 6.07) is 7.32. The first-order valence-electron chi connectivity index (χ1n) is 5.98. The van der Waals surface area contributed by atoms with Crippen molar-refractivity contribution in [3.05, 3.63) is 59.9 Å². The highest BCUT2D eigenvalue weighted by molar-refractivity contribution is 5.91. The van der Waals surface area contributed by atoms with Crippen molar-refractivity contribution in [2.75, 3.05) is 0 Å². The van der Waals surface area contributed by atoms with Gasteiger partial charge in [0.1, 0.15) is 5.65 Å². The van der Waals surface area contributed by atoms with Crippen LogP contribution in [0.3, 0.4) is 0 Å². The largest absolute Gasteiger partial charge is 0.459 e. The number of amides is 1. The van der Waals surface area contributed by atoms with E-state index < -0.39 is 0 Å². The van der Waals surface area contributed by atoms with Crippen LogP contribution in [0.1, 0.15) is 21.8 Å². The Morgan fingerprint density at radius 3 is 3.16 bits per heavy atom. The van der Waals surface area contributed by atoms with Gasteiger partial charge < -0.3 is 14.1 Å². The van der Waals surface area contributed by atoms with Crippen LogP contribution in [-0.4, -0.2) is 15.3 Å². The molecule has 3 aromatic rings. The summed E-state index contributed by atoms with van der Waals surface area (Å²) in [4.78, 5) is 16.2. The topological polar surface area (TPSA) is 59.5 Å². The molecule has 0 aliphatic rings. The number of hydrogen-bond acceptors (Lipinski definition) is 3. The zero-order chi connectivity index (χ0) is 13.2. The monoisotopic (exact) mass is 255 g/mol. The quantitative estimate of drug-likeness (QED) is 0.780. The van der Waals surface area contributed by atoms with Gasteiger partial charge in [0.05, 0.1) is 18.5 Å². The molecule has 0 fully saturated rings. The zero-order valence-corrected chi connectivity index (χ0v) is 10.5. The van der Waals surface area contributed by atoms with Crippen molar-refractivity contribution in [1.29, 1.82) is 0 Å². The lowest BCUT2D eigenvalue weighted by molar-refractivity contribution is 0.0922. The van der Waals surface area contributed by atoms with Crippen LogP contribution in [0.5, 0.6) is 0 Å². The average molecular weight is 255 g/mol. The third-order valence-electron chi connectivity index (χ3n) is 2.84. The molecule has 3 aromatic heterocycles. The van der Waals surface area contributed by atoms with Crippen LogP contribution in [-0.2, 0) is 6.54 Å². The van der Waals surface area contributed by atoms with Gasteiger partial charge in [-0.2, -0.15) is 0 Å². The Morgan fingerprint density at radius 1 is 1.47 bits per heavy atom. The third-order valence-corrected chi connectivity index (χ3v) is 2.84. The fourth-order valence-corrected chi connectivity index (χ4v) is 1.89. The van der Waals surface area contributed by atoms with Gasteiger partial charge in [-0.15, -0.1) is 0 Å². The first-order valence-corrected chi connectivity index (χ1v) is 5.98. The molecule has 96 valence electrons. The fourth-order valence-electron chi connectivity index (χ4n) is 1.89. The highest BCUT2D eigenvalue weighted by Crippen LogP contribution is 2.08. The minimum absolute atomic E-state index is 0.238. The molecule has 3 heterocycles. The van der Waals surface area contributed by atoms with E-state index in [1.54, 1.807) is 12.1 Å². The molecule has 0 aliphatic heterocycles. The third kappa shape index (κ3) is 2.35. The van der Waals surface area contributed by atoms with Crippen LogP contribution in [0.4, 0.5) is 0 Å². The van der Waals surface area contributed by atoms with Gasteiger partial charge in [-0.25, -0.2) is 4.98 Å². The number of fused-ring (bicyclic) bond motifs is 1. The van der Waals surface area contributed by atoms with Gasteiger partial charge in [-0.3, -0.25) is 4.79 Å². The maximum atomic E-state index is 11.7. The van der Waals surface area contributed by atoms with Crippen molar-refractivity contribution in [3.63, 3.8) is 0 Å². The van der Waals surface area contributed by atoms with E-state index in [1.807, 2.05) is 35.9 Å². The highest BCUT2D eigenvalue weighted by Gasteiger charge is 2.09. The molecule has 0 aliphatic carbocycles. The lowest BCUT2D eigenvalue weighted by atomic mass is 10.3. The summed E-state index contributed by atoms with van der Waals surface area (Å²) in [7, 11) is 0. The predicted octanol–water partition coefficient (Wildman–Crippen LogP) is 2.17. The van der Waals surface area contributed by atoms with Gasteiger partial charge in [0.25, 0.3) is 5.91 Å². The first kappa shape index (κ1) is 11.5. The van der Waals surface area contributed by atoms with Crippen molar-refractivity contribution in [3.8, 4) is 0 Å². The van der Waals surface area contributed by atoms with Crippen LogP contribution in [0.25, 0.3) is 5.65 Å². The Balaban J connectivity index is 1.73. The lowest BCUT2D eigenvalue weighted by Gasteiger charge is -1.99. The van der Waals surface area contributed by atoms with E-state index >= 15 is 0 Å². The number of nitrogens with zero attached hydrogens (tertiary/aromatic N) is 2. The minimum Gasteiger partial charge on any atom is -0.459 e. The Labute approximate surface area is 109 Å². The molecular formula is C14H13N3O2. The summed E-state index contributed by atoms with van der Waals surface area (Å²) in [5.41, 5.74) is 2.84. The molecule has 0 saturated heterocycles. The Bertz CT molecular complexity index is 713. The first-order chi connectivity index (χ1) is 9.22. The number of nitrogens with one attached hydrogen (secondary N) is 1.